The predicted octanol–water partition coefficient (Wildman–Crippen LogP) is 3.59. The van der Waals surface area contributed by atoms with E-state index in [0.717, 1.165) is 11.3 Å². The highest BCUT2D eigenvalue weighted by molar-refractivity contribution is 7.92. The fourth-order valence-corrected chi connectivity index (χ4v) is 5.68. The van der Waals surface area contributed by atoms with Crippen LogP contribution in [0.2, 0.25) is 0 Å². The van der Waals surface area contributed by atoms with Crippen molar-refractivity contribution < 1.29 is 32.3 Å². The second-order valence-electron chi connectivity index (χ2n) is 7.86. The summed E-state index contributed by atoms with van der Waals surface area (Å²) in [7, 11) is -2.50. The highest BCUT2D eigenvalue weighted by Crippen LogP contribution is 2.21. The van der Waals surface area contributed by atoms with E-state index in [4.69, 9.17) is 9.47 Å². The molecule has 0 aliphatic rings. The topological polar surface area (TPSA) is 133 Å². The summed E-state index contributed by atoms with van der Waals surface area (Å²) < 4.78 is 39.5. The standard InChI is InChI=1S/C26H23N3O7S2/c1-3-36-23(30)16-29-21-14-11-18(25(32)35-2)15-22(21)37-26(29)27-24(31)17-9-12-19(13-10-17)28-38(33,34)20-7-5-4-6-8-20/h4-15,28H,3,16H2,1-2H3. The highest BCUT2D eigenvalue weighted by atomic mass is 32.2. The van der Waals surface area contributed by atoms with Gasteiger partial charge in [0.25, 0.3) is 15.9 Å². The second-order valence-corrected chi connectivity index (χ2v) is 10.6. The number of fused-ring (bicyclic) bond motifs is 1. The highest BCUT2D eigenvalue weighted by Gasteiger charge is 2.16. The molecule has 0 spiro atoms. The maximum atomic E-state index is 13.0. The molecule has 1 heterocycles. The molecule has 1 N–H and O–H groups in total. The van der Waals surface area contributed by atoms with Crippen molar-refractivity contribution in [1.82, 2.24) is 4.57 Å². The molecule has 0 atom stereocenters. The van der Waals surface area contributed by atoms with Crippen LogP contribution in [-0.4, -0.2) is 44.5 Å². The van der Waals surface area contributed by atoms with Gasteiger partial charge in [-0.25, -0.2) is 13.2 Å². The number of nitrogens with one attached hydrogen (secondary N) is 1. The van der Waals surface area contributed by atoms with Crippen molar-refractivity contribution in [3.8, 4) is 0 Å². The summed E-state index contributed by atoms with van der Waals surface area (Å²) >= 11 is 1.13. The molecule has 0 aliphatic heterocycles. The van der Waals surface area contributed by atoms with Gasteiger partial charge in [0.2, 0.25) is 0 Å². The average molecular weight is 554 g/mol. The third-order valence-corrected chi connectivity index (χ3v) is 7.77. The molecule has 0 fully saturated rings. The Balaban J connectivity index is 1.65. The van der Waals surface area contributed by atoms with Crippen LogP contribution in [0.25, 0.3) is 10.2 Å². The van der Waals surface area contributed by atoms with Gasteiger partial charge in [0.1, 0.15) is 6.54 Å². The number of benzene rings is 3. The number of anilines is 1. The zero-order chi connectivity index (χ0) is 27.3. The van der Waals surface area contributed by atoms with Gasteiger partial charge < -0.3 is 14.0 Å². The molecule has 1 aromatic heterocycles. The molecule has 0 radical (unpaired) electrons. The molecular weight excluding hydrogens is 530 g/mol. The van der Waals surface area contributed by atoms with Crippen molar-refractivity contribution in [2.75, 3.05) is 18.4 Å². The van der Waals surface area contributed by atoms with E-state index in [2.05, 4.69) is 9.71 Å². The van der Waals surface area contributed by atoms with Crippen molar-refractivity contribution in [3.63, 3.8) is 0 Å². The summed E-state index contributed by atoms with van der Waals surface area (Å²) in [6, 6.07) is 18.5. The zero-order valence-electron chi connectivity index (χ0n) is 20.4. The van der Waals surface area contributed by atoms with Crippen molar-refractivity contribution in [3.05, 3.63) is 88.7 Å². The Morgan fingerprint density at radius 3 is 2.32 bits per heavy atom. The smallest absolute Gasteiger partial charge is 0.337 e. The first kappa shape index (κ1) is 26.8. The first-order chi connectivity index (χ1) is 18.2. The van der Waals surface area contributed by atoms with E-state index in [9.17, 15) is 22.8 Å². The number of sulfonamides is 1. The monoisotopic (exact) mass is 553 g/mol. The van der Waals surface area contributed by atoms with E-state index in [0.29, 0.717) is 15.8 Å². The maximum Gasteiger partial charge on any atom is 0.337 e. The Hall–Kier alpha value is -4.29. The van der Waals surface area contributed by atoms with Crippen molar-refractivity contribution in [2.24, 2.45) is 4.99 Å². The lowest BCUT2D eigenvalue weighted by Crippen LogP contribution is -2.23. The fraction of sp³-hybridized carbons (Fsp3) is 0.154. The fourth-order valence-electron chi connectivity index (χ4n) is 3.54. The lowest BCUT2D eigenvalue weighted by Gasteiger charge is -2.08. The molecule has 0 unspecified atom stereocenters. The number of methoxy groups -OCH3 is 1. The normalized spacial score (nSPS) is 11.8. The van der Waals surface area contributed by atoms with Crippen LogP contribution >= 0.6 is 11.3 Å². The number of hydrogen-bond donors (Lipinski definition) is 1. The summed E-state index contributed by atoms with van der Waals surface area (Å²) in [5.74, 6) is -1.62. The largest absolute Gasteiger partial charge is 0.465 e. The van der Waals surface area contributed by atoms with Crippen LogP contribution in [0.1, 0.15) is 27.6 Å². The molecule has 10 nitrogen and oxygen atoms in total. The number of carbonyl (C=O) groups excluding carboxylic acids is 3. The van der Waals surface area contributed by atoms with Gasteiger partial charge in [0, 0.05) is 11.3 Å². The molecule has 4 rings (SSSR count). The van der Waals surface area contributed by atoms with Crippen molar-refractivity contribution in [2.45, 2.75) is 18.4 Å². The number of aromatic nitrogens is 1. The first-order valence-electron chi connectivity index (χ1n) is 11.4. The number of nitrogens with zero attached hydrogens (tertiary/aromatic N) is 2. The van der Waals surface area contributed by atoms with Gasteiger partial charge in [-0.3, -0.25) is 14.3 Å². The minimum Gasteiger partial charge on any atom is -0.465 e. The van der Waals surface area contributed by atoms with Crippen LogP contribution in [0.3, 0.4) is 0 Å². The molecule has 0 bridgehead atoms. The average Bonchev–Trinajstić information content (AvgIpc) is 3.24. The summed E-state index contributed by atoms with van der Waals surface area (Å²) in [4.78, 5) is 41.7. The van der Waals surface area contributed by atoms with Gasteiger partial charge in [-0.05, 0) is 61.5 Å². The molecule has 1 amide bonds. The van der Waals surface area contributed by atoms with Crippen LogP contribution in [0, 0.1) is 0 Å². The van der Waals surface area contributed by atoms with Gasteiger partial charge in [0.05, 0.1) is 34.4 Å². The van der Waals surface area contributed by atoms with E-state index in [1.54, 1.807) is 47.9 Å². The maximum absolute atomic E-state index is 13.0. The Morgan fingerprint density at radius 1 is 0.974 bits per heavy atom. The number of esters is 2. The summed E-state index contributed by atoms with van der Waals surface area (Å²) in [5, 5.41) is 0. The van der Waals surface area contributed by atoms with Crippen molar-refractivity contribution in [1.29, 1.82) is 0 Å². The van der Waals surface area contributed by atoms with Gasteiger partial charge in [0.15, 0.2) is 4.80 Å². The second kappa shape index (κ2) is 11.4. The SMILES string of the molecule is CCOC(=O)Cn1c(=NC(=O)c2ccc(NS(=O)(=O)c3ccccc3)cc2)sc2cc(C(=O)OC)ccc21. The Bertz CT molecular complexity index is 1670. The van der Waals surface area contributed by atoms with Crippen LogP contribution < -0.4 is 9.52 Å². The van der Waals surface area contributed by atoms with Crippen LogP contribution in [0.15, 0.2) is 82.7 Å². The molecule has 0 aliphatic carbocycles. The molecule has 4 aromatic rings. The summed E-state index contributed by atoms with van der Waals surface area (Å²) in [5.41, 5.74) is 1.40. The minimum absolute atomic E-state index is 0.112. The Kier molecular flexibility index (Phi) is 8.03. The minimum atomic E-state index is -3.78. The van der Waals surface area contributed by atoms with E-state index in [-0.39, 0.29) is 34.1 Å². The zero-order valence-corrected chi connectivity index (χ0v) is 22.0. The lowest BCUT2D eigenvalue weighted by atomic mass is 10.2. The molecule has 0 saturated carbocycles. The van der Waals surface area contributed by atoms with E-state index in [1.165, 1.54) is 43.5 Å². The number of ether oxygens (including phenoxy) is 2. The molecule has 0 saturated heterocycles. The molecular formula is C26H23N3O7S2. The predicted molar refractivity (Wildman–Crippen MR) is 141 cm³/mol. The third-order valence-electron chi connectivity index (χ3n) is 5.33. The number of hydrogen-bond acceptors (Lipinski definition) is 8. The van der Waals surface area contributed by atoms with Crippen molar-refractivity contribution >= 4 is 55.1 Å². The number of thiazole rings is 1. The number of carbonyl (C=O) groups is 3. The molecule has 196 valence electrons. The number of amides is 1. The molecule has 38 heavy (non-hydrogen) atoms. The van der Waals surface area contributed by atoms with E-state index in [1.807, 2.05) is 0 Å². The molecule has 3 aromatic carbocycles. The van der Waals surface area contributed by atoms with Gasteiger partial charge in [-0.15, -0.1) is 0 Å². The first-order valence-corrected chi connectivity index (χ1v) is 13.7. The summed E-state index contributed by atoms with van der Waals surface area (Å²) in [6.45, 7) is 1.70. The molecule has 12 heteroatoms. The van der Waals surface area contributed by atoms with E-state index < -0.39 is 27.9 Å². The summed E-state index contributed by atoms with van der Waals surface area (Å²) in [6.07, 6.45) is 0. The van der Waals surface area contributed by atoms with E-state index >= 15 is 0 Å². The Labute approximate surface area is 222 Å². The Morgan fingerprint density at radius 2 is 1.66 bits per heavy atom. The number of rotatable bonds is 8. The third kappa shape index (κ3) is 5.98. The van der Waals surface area contributed by atoms with Crippen LogP contribution in [0.4, 0.5) is 5.69 Å². The quantitative estimate of drug-likeness (QED) is 0.330. The van der Waals surface area contributed by atoms with Gasteiger partial charge in [-0.1, -0.05) is 29.5 Å². The van der Waals surface area contributed by atoms with Crippen LogP contribution in [0.5, 0.6) is 0 Å². The van der Waals surface area contributed by atoms with Gasteiger partial charge in [-0.2, -0.15) is 4.99 Å². The van der Waals surface area contributed by atoms with Gasteiger partial charge >= 0.3 is 11.9 Å². The van der Waals surface area contributed by atoms with Crippen LogP contribution in [-0.2, 0) is 30.8 Å². The lowest BCUT2D eigenvalue weighted by molar-refractivity contribution is -0.143.